The number of rotatable bonds is 7. The Kier molecular flexibility index (Phi) is 7.30. The first-order chi connectivity index (χ1) is 13.5. The normalized spacial score (nSPS) is 11.1. The highest BCUT2D eigenvalue weighted by molar-refractivity contribution is 9.10. The van der Waals surface area contributed by atoms with Gasteiger partial charge in [0.1, 0.15) is 0 Å². The van der Waals surface area contributed by atoms with Gasteiger partial charge in [0.15, 0.2) is 11.0 Å². The van der Waals surface area contributed by atoms with Gasteiger partial charge in [-0.3, -0.25) is 4.79 Å². The first kappa shape index (κ1) is 20.6. The monoisotopic (exact) mass is 476 g/mol. The Morgan fingerprint density at radius 3 is 2.71 bits per heavy atom. The van der Waals surface area contributed by atoms with E-state index in [0.717, 1.165) is 20.9 Å². The molecule has 28 heavy (non-hydrogen) atoms. The van der Waals surface area contributed by atoms with Crippen LogP contribution in [0.25, 0.3) is 6.08 Å². The molecule has 0 saturated heterocycles. The molecule has 1 amide bonds. The highest BCUT2D eigenvalue weighted by atomic mass is 79.9. The van der Waals surface area contributed by atoms with Crippen molar-refractivity contribution in [2.45, 2.75) is 17.5 Å². The molecular weight excluding hydrogens is 460 g/mol. The van der Waals surface area contributed by atoms with E-state index >= 15 is 0 Å². The standard InChI is InChI=1S/C20H18BrClN4OS/c1-26-18(12-23-19(27)11-8-15-4-2-3-5-17(15)22)24-25-20(26)28-13-14-6-9-16(21)10-7-14/h2-11H,12-13H2,1H3,(H,23,27)/b11-8+. The Bertz CT molecular complexity index is 988. The average Bonchev–Trinajstić information content (AvgIpc) is 3.05. The van der Waals surface area contributed by atoms with Gasteiger partial charge in [-0.05, 0) is 35.4 Å². The molecule has 0 fully saturated rings. The summed E-state index contributed by atoms with van der Waals surface area (Å²) in [6.45, 7) is 0.300. The lowest BCUT2D eigenvalue weighted by Gasteiger charge is -2.05. The second-order valence-electron chi connectivity index (χ2n) is 5.95. The van der Waals surface area contributed by atoms with Gasteiger partial charge >= 0.3 is 0 Å². The fraction of sp³-hybridized carbons (Fsp3) is 0.150. The van der Waals surface area contributed by atoms with Gasteiger partial charge < -0.3 is 9.88 Å². The second kappa shape index (κ2) is 9.91. The van der Waals surface area contributed by atoms with Crippen LogP contribution in [-0.2, 0) is 24.1 Å². The third-order valence-electron chi connectivity index (χ3n) is 3.95. The molecule has 3 aromatic rings. The molecule has 1 N–H and O–H groups in total. The summed E-state index contributed by atoms with van der Waals surface area (Å²) in [6, 6.07) is 15.5. The summed E-state index contributed by atoms with van der Waals surface area (Å²) >= 11 is 11.1. The van der Waals surface area contributed by atoms with Gasteiger partial charge in [0.05, 0.1) is 6.54 Å². The first-order valence-electron chi connectivity index (χ1n) is 8.49. The smallest absolute Gasteiger partial charge is 0.244 e. The summed E-state index contributed by atoms with van der Waals surface area (Å²) in [6.07, 6.45) is 3.15. The zero-order valence-corrected chi connectivity index (χ0v) is 18.3. The average molecular weight is 478 g/mol. The fourth-order valence-electron chi connectivity index (χ4n) is 2.35. The van der Waals surface area contributed by atoms with Crippen LogP contribution >= 0.6 is 39.3 Å². The van der Waals surface area contributed by atoms with Gasteiger partial charge in [0, 0.05) is 28.4 Å². The van der Waals surface area contributed by atoms with Crippen LogP contribution in [0.5, 0.6) is 0 Å². The van der Waals surface area contributed by atoms with Crippen molar-refractivity contribution >= 4 is 51.3 Å². The number of aromatic nitrogens is 3. The first-order valence-corrected chi connectivity index (χ1v) is 10.6. The molecule has 2 aromatic carbocycles. The van der Waals surface area contributed by atoms with Crippen LogP contribution in [0.2, 0.25) is 5.02 Å². The SMILES string of the molecule is Cn1c(CNC(=O)/C=C/c2ccccc2Cl)nnc1SCc1ccc(Br)cc1. The largest absolute Gasteiger partial charge is 0.345 e. The van der Waals surface area contributed by atoms with Crippen molar-refractivity contribution in [3.8, 4) is 0 Å². The van der Waals surface area contributed by atoms with Gasteiger partial charge in [-0.25, -0.2) is 0 Å². The van der Waals surface area contributed by atoms with Gasteiger partial charge in [-0.2, -0.15) is 0 Å². The van der Waals surface area contributed by atoms with E-state index in [2.05, 4.69) is 43.6 Å². The lowest BCUT2D eigenvalue weighted by atomic mass is 10.2. The third kappa shape index (κ3) is 5.70. The van der Waals surface area contributed by atoms with Crippen LogP contribution in [-0.4, -0.2) is 20.7 Å². The molecular formula is C20H18BrClN4OS. The minimum atomic E-state index is -0.216. The second-order valence-corrected chi connectivity index (χ2v) is 8.21. The molecule has 0 aliphatic rings. The van der Waals surface area contributed by atoms with Crippen LogP contribution in [0, 0.1) is 0 Å². The lowest BCUT2D eigenvalue weighted by Crippen LogP contribution is -2.22. The number of thioether (sulfide) groups is 1. The highest BCUT2D eigenvalue weighted by Gasteiger charge is 2.10. The van der Waals surface area contributed by atoms with E-state index in [0.29, 0.717) is 17.4 Å². The van der Waals surface area contributed by atoms with Crippen LogP contribution < -0.4 is 5.32 Å². The molecule has 0 aliphatic heterocycles. The van der Waals surface area contributed by atoms with E-state index in [-0.39, 0.29) is 5.91 Å². The van der Waals surface area contributed by atoms with Crippen LogP contribution in [0.3, 0.4) is 0 Å². The quantitative estimate of drug-likeness (QED) is 0.390. The summed E-state index contributed by atoms with van der Waals surface area (Å²) in [4.78, 5) is 12.0. The molecule has 0 radical (unpaired) electrons. The molecule has 0 bridgehead atoms. The summed E-state index contributed by atoms with van der Waals surface area (Å²) < 4.78 is 2.95. The Labute approximate surface area is 181 Å². The number of nitrogens with one attached hydrogen (secondary N) is 1. The number of hydrogen-bond donors (Lipinski definition) is 1. The Morgan fingerprint density at radius 1 is 1.21 bits per heavy atom. The minimum absolute atomic E-state index is 0.216. The van der Waals surface area contributed by atoms with Crippen molar-refractivity contribution in [1.82, 2.24) is 20.1 Å². The van der Waals surface area contributed by atoms with Gasteiger partial charge in [0.2, 0.25) is 5.91 Å². The predicted octanol–water partition coefficient (Wildman–Crippen LogP) is 4.85. The molecule has 144 valence electrons. The number of halogens is 2. The number of carbonyl (C=O) groups is 1. The van der Waals surface area contributed by atoms with Gasteiger partial charge in [-0.1, -0.05) is 69.6 Å². The lowest BCUT2D eigenvalue weighted by molar-refractivity contribution is -0.116. The molecule has 8 heteroatoms. The Hall–Kier alpha value is -2.09. The van der Waals surface area contributed by atoms with Crippen molar-refractivity contribution in [3.63, 3.8) is 0 Å². The summed E-state index contributed by atoms with van der Waals surface area (Å²) in [5.41, 5.74) is 2.00. The van der Waals surface area contributed by atoms with E-state index < -0.39 is 0 Å². The van der Waals surface area contributed by atoms with Gasteiger partial charge in [0.25, 0.3) is 0 Å². The number of carbonyl (C=O) groups excluding carboxylic acids is 1. The van der Waals surface area contributed by atoms with E-state index in [4.69, 9.17) is 11.6 Å². The maximum Gasteiger partial charge on any atom is 0.244 e. The Balaban J connectivity index is 1.53. The molecule has 1 aromatic heterocycles. The van der Waals surface area contributed by atoms with Crippen molar-refractivity contribution < 1.29 is 4.79 Å². The maximum atomic E-state index is 12.0. The maximum absolute atomic E-state index is 12.0. The molecule has 5 nitrogen and oxygen atoms in total. The molecule has 0 aliphatic carbocycles. The molecule has 1 heterocycles. The molecule has 0 saturated carbocycles. The third-order valence-corrected chi connectivity index (χ3v) is 5.91. The van der Waals surface area contributed by atoms with E-state index in [9.17, 15) is 4.79 Å². The fourth-order valence-corrected chi connectivity index (χ4v) is 3.70. The number of hydrogen-bond acceptors (Lipinski definition) is 4. The van der Waals surface area contributed by atoms with Crippen molar-refractivity contribution in [3.05, 3.63) is 81.1 Å². The van der Waals surface area contributed by atoms with Crippen molar-refractivity contribution in [2.24, 2.45) is 7.05 Å². The van der Waals surface area contributed by atoms with Crippen molar-refractivity contribution in [1.29, 1.82) is 0 Å². The number of benzene rings is 2. The summed E-state index contributed by atoms with van der Waals surface area (Å²) in [7, 11) is 1.89. The van der Waals surface area contributed by atoms with Crippen LogP contribution in [0.4, 0.5) is 0 Å². The molecule has 0 unspecified atom stereocenters. The summed E-state index contributed by atoms with van der Waals surface area (Å²) in [5, 5.41) is 12.6. The number of amides is 1. The topological polar surface area (TPSA) is 59.8 Å². The van der Waals surface area contributed by atoms with E-state index in [1.807, 2.05) is 41.9 Å². The van der Waals surface area contributed by atoms with Crippen LogP contribution in [0.1, 0.15) is 17.0 Å². The zero-order valence-electron chi connectivity index (χ0n) is 15.1. The summed E-state index contributed by atoms with van der Waals surface area (Å²) in [5.74, 6) is 1.27. The number of nitrogens with zero attached hydrogens (tertiary/aromatic N) is 3. The minimum Gasteiger partial charge on any atom is -0.345 e. The zero-order chi connectivity index (χ0) is 19.9. The van der Waals surface area contributed by atoms with Crippen molar-refractivity contribution in [2.75, 3.05) is 0 Å². The highest BCUT2D eigenvalue weighted by Crippen LogP contribution is 2.22. The molecule has 3 rings (SSSR count). The molecule has 0 spiro atoms. The molecule has 0 atom stereocenters. The Morgan fingerprint density at radius 2 is 1.96 bits per heavy atom. The predicted molar refractivity (Wildman–Crippen MR) is 117 cm³/mol. The van der Waals surface area contributed by atoms with Gasteiger partial charge in [-0.15, -0.1) is 10.2 Å². The van der Waals surface area contributed by atoms with E-state index in [1.54, 1.807) is 23.9 Å². The van der Waals surface area contributed by atoms with Crippen LogP contribution in [0.15, 0.2) is 64.2 Å². The van der Waals surface area contributed by atoms with E-state index in [1.165, 1.54) is 11.6 Å².